The van der Waals surface area contributed by atoms with Crippen LogP contribution >= 0.6 is 0 Å². The summed E-state index contributed by atoms with van der Waals surface area (Å²) in [6.07, 6.45) is 10.1. The number of nitrogens with two attached hydrogens (primary N) is 1. The van der Waals surface area contributed by atoms with Crippen LogP contribution in [-0.2, 0) is 19.1 Å². The first-order chi connectivity index (χ1) is 13.5. The molecule has 2 aliphatic heterocycles. The van der Waals surface area contributed by atoms with Gasteiger partial charge in [0.25, 0.3) is 0 Å². The minimum atomic E-state index is -0.322. The van der Waals surface area contributed by atoms with E-state index in [0.29, 0.717) is 25.0 Å². The summed E-state index contributed by atoms with van der Waals surface area (Å²) in [5.74, 6) is -0.388. The number of fused-ring (bicyclic) bond motifs is 3. The Balaban J connectivity index is 1.53. The van der Waals surface area contributed by atoms with Gasteiger partial charge in [0.1, 0.15) is 12.2 Å². The Morgan fingerprint density at radius 1 is 1.32 bits per heavy atom. The molecule has 1 amide bonds. The summed E-state index contributed by atoms with van der Waals surface area (Å²) < 4.78 is 11.5. The number of carbonyl (C=O) groups excluding carboxylic acids is 2. The lowest BCUT2D eigenvalue weighted by atomic mass is 9.83. The van der Waals surface area contributed by atoms with E-state index in [-0.39, 0.29) is 35.6 Å². The van der Waals surface area contributed by atoms with Gasteiger partial charge in [-0.1, -0.05) is 31.9 Å². The van der Waals surface area contributed by atoms with E-state index >= 15 is 0 Å². The average Bonchev–Trinajstić information content (AvgIpc) is 3.26. The average molecular weight is 391 g/mol. The molecule has 6 nitrogen and oxygen atoms in total. The molecule has 0 spiro atoms. The molecule has 0 aromatic rings. The van der Waals surface area contributed by atoms with E-state index in [1.807, 2.05) is 6.08 Å². The molecule has 2 saturated heterocycles. The minimum Gasteiger partial charge on any atom is -0.455 e. The molecule has 0 saturated carbocycles. The van der Waals surface area contributed by atoms with Crippen molar-refractivity contribution in [2.75, 3.05) is 13.1 Å². The topological polar surface area (TPSA) is 94.0 Å². The number of hydrogen-bond donors (Lipinski definition) is 2. The Bertz CT molecular complexity index is 644. The SMILES string of the molecule is C=C1C(=O)O[C@H]2[C@H]1CC/C(C(=O)NCCCCCCCN)=C\CC[C@@]1(C)O[C@@H]21. The zero-order valence-electron chi connectivity index (χ0n) is 17.0. The Hall–Kier alpha value is -1.66. The zero-order valence-corrected chi connectivity index (χ0v) is 17.0. The molecule has 0 radical (unpaired) electrons. The fraction of sp³-hybridized carbons (Fsp3) is 0.727. The Labute approximate surface area is 167 Å². The van der Waals surface area contributed by atoms with Gasteiger partial charge in [-0.15, -0.1) is 0 Å². The highest BCUT2D eigenvalue weighted by molar-refractivity contribution is 5.93. The maximum Gasteiger partial charge on any atom is 0.334 e. The molecule has 2 fully saturated rings. The van der Waals surface area contributed by atoms with Crippen molar-refractivity contribution in [2.45, 2.75) is 82.5 Å². The lowest BCUT2D eigenvalue weighted by molar-refractivity contribution is -0.140. The van der Waals surface area contributed by atoms with Gasteiger partial charge in [-0.25, -0.2) is 4.79 Å². The van der Waals surface area contributed by atoms with Crippen molar-refractivity contribution in [1.82, 2.24) is 5.32 Å². The molecular weight excluding hydrogens is 356 g/mol. The van der Waals surface area contributed by atoms with Crippen LogP contribution in [0.5, 0.6) is 0 Å². The smallest absolute Gasteiger partial charge is 0.334 e. The normalized spacial score (nSPS) is 33.9. The van der Waals surface area contributed by atoms with E-state index in [1.54, 1.807) is 0 Å². The van der Waals surface area contributed by atoms with Crippen LogP contribution in [0.15, 0.2) is 23.8 Å². The highest BCUT2D eigenvalue weighted by Gasteiger charge is 2.61. The molecule has 156 valence electrons. The maximum absolute atomic E-state index is 12.7. The molecule has 28 heavy (non-hydrogen) atoms. The third-order valence-electron chi connectivity index (χ3n) is 6.30. The summed E-state index contributed by atoms with van der Waals surface area (Å²) in [7, 11) is 0. The quantitative estimate of drug-likeness (QED) is 0.288. The monoisotopic (exact) mass is 390 g/mol. The minimum absolute atomic E-state index is 0.00774. The fourth-order valence-corrected chi connectivity index (χ4v) is 4.38. The number of epoxide rings is 1. The van der Waals surface area contributed by atoms with Gasteiger partial charge in [0.05, 0.1) is 5.60 Å². The van der Waals surface area contributed by atoms with Gasteiger partial charge >= 0.3 is 5.97 Å². The van der Waals surface area contributed by atoms with E-state index in [2.05, 4.69) is 18.8 Å². The summed E-state index contributed by atoms with van der Waals surface area (Å²) in [6, 6.07) is 0. The second-order valence-electron chi connectivity index (χ2n) is 8.47. The van der Waals surface area contributed by atoms with Crippen LogP contribution in [0.3, 0.4) is 0 Å². The summed E-state index contributed by atoms with van der Waals surface area (Å²) >= 11 is 0. The van der Waals surface area contributed by atoms with E-state index in [9.17, 15) is 9.59 Å². The Morgan fingerprint density at radius 3 is 2.86 bits per heavy atom. The summed E-state index contributed by atoms with van der Waals surface area (Å²) in [4.78, 5) is 24.7. The third-order valence-corrected chi connectivity index (χ3v) is 6.30. The predicted octanol–water partition coefficient (Wildman–Crippen LogP) is 2.77. The number of allylic oxidation sites excluding steroid dienone is 1. The molecule has 2 heterocycles. The molecule has 0 aromatic carbocycles. The van der Waals surface area contributed by atoms with Crippen molar-refractivity contribution in [1.29, 1.82) is 0 Å². The van der Waals surface area contributed by atoms with Gasteiger partial charge in [0, 0.05) is 23.6 Å². The summed E-state index contributed by atoms with van der Waals surface area (Å²) in [6.45, 7) is 7.43. The summed E-state index contributed by atoms with van der Waals surface area (Å²) in [5, 5.41) is 3.05. The first-order valence-electron chi connectivity index (χ1n) is 10.7. The van der Waals surface area contributed by atoms with E-state index in [4.69, 9.17) is 15.2 Å². The molecule has 0 unspecified atom stereocenters. The lowest BCUT2D eigenvalue weighted by Crippen LogP contribution is -2.30. The predicted molar refractivity (Wildman–Crippen MR) is 107 cm³/mol. The number of amides is 1. The number of unbranched alkanes of at least 4 members (excludes halogenated alkanes) is 4. The standard InChI is InChI=1S/C22H34N2O4/c1-15-17-11-10-16(20(25)24-14-7-5-3-4-6-13-23)9-8-12-22(2)19(28-22)18(17)27-21(15)26/h9,17-19H,1,3-8,10-14,23H2,2H3,(H,24,25)/b16-9+/t17-,18-,19-,22+/m0/s1. The first kappa shape index (κ1) is 21.1. The zero-order chi connectivity index (χ0) is 20.1. The highest BCUT2D eigenvalue weighted by atomic mass is 16.6. The van der Waals surface area contributed by atoms with E-state index in [1.165, 1.54) is 0 Å². The molecule has 4 atom stereocenters. The number of carbonyl (C=O) groups is 2. The number of rotatable bonds is 8. The molecule has 0 bridgehead atoms. The van der Waals surface area contributed by atoms with Crippen LogP contribution in [0, 0.1) is 5.92 Å². The largest absolute Gasteiger partial charge is 0.455 e. The van der Waals surface area contributed by atoms with Crippen molar-refractivity contribution < 1.29 is 19.1 Å². The van der Waals surface area contributed by atoms with Crippen LogP contribution in [0.25, 0.3) is 0 Å². The van der Waals surface area contributed by atoms with Gasteiger partial charge in [-0.2, -0.15) is 0 Å². The van der Waals surface area contributed by atoms with Gasteiger partial charge in [-0.3, -0.25) is 4.79 Å². The van der Waals surface area contributed by atoms with Crippen molar-refractivity contribution in [3.8, 4) is 0 Å². The lowest BCUT2D eigenvalue weighted by Gasteiger charge is -2.19. The fourth-order valence-electron chi connectivity index (χ4n) is 4.38. The van der Waals surface area contributed by atoms with Crippen molar-refractivity contribution >= 4 is 11.9 Å². The van der Waals surface area contributed by atoms with Crippen LogP contribution < -0.4 is 11.1 Å². The van der Waals surface area contributed by atoms with Crippen LogP contribution in [0.2, 0.25) is 0 Å². The number of ether oxygens (including phenoxy) is 2. The van der Waals surface area contributed by atoms with Crippen LogP contribution in [-0.4, -0.2) is 42.8 Å². The van der Waals surface area contributed by atoms with Crippen molar-refractivity contribution in [3.63, 3.8) is 0 Å². The van der Waals surface area contributed by atoms with E-state index in [0.717, 1.165) is 57.1 Å². The molecule has 6 heteroatoms. The summed E-state index contributed by atoms with van der Waals surface area (Å²) in [5.41, 5.74) is 6.55. The first-order valence-corrected chi connectivity index (χ1v) is 10.7. The van der Waals surface area contributed by atoms with Crippen LogP contribution in [0.1, 0.15) is 64.7 Å². The maximum atomic E-state index is 12.7. The van der Waals surface area contributed by atoms with Gasteiger partial charge in [-0.05, 0) is 52.0 Å². The number of nitrogens with one attached hydrogen (secondary N) is 1. The van der Waals surface area contributed by atoms with Crippen LogP contribution in [0.4, 0.5) is 0 Å². The Kier molecular flexibility index (Phi) is 6.94. The highest BCUT2D eigenvalue weighted by Crippen LogP contribution is 2.49. The molecule has 0 aromatic heterocycles. The second kappa shape index (κ2) is 9.23. The number of esters is 1. The Morgan fingerprint density at radius 2 is 2.07 bits per heavy atom. The number of hydrogen-bond acceptors (Lipinski definition) is 5. The van der Waals surface area contributed by atoms with Gasteiger partial charge < -0.3 is 20.5 Å². The molecular formula is C22H34N2O4. The van der Waals surface area contributed by atoms with E-state index < -0.39 is 0 Å². The van der Waals surface area contributed by atoms with Gasteiger partial charge in [0.2, 0.25) is 5.91 Å². The van der Waals surface area contributed by atoms with Crippen molar-refractivity contribution in [3.05, 3.63) is 23.8 Å². The molecule has 1 aliphatic carbocycles. The molecule has 3 rings (SSSR count). The molecule has 3 N–H and O–H groups in total. The van der Waals surface area contributed by atoms with Gasteiger partial charge in [0.15, 0.2) is 0 Å². The third kappa shape index (κ3) is 4.84. The molecule has 3 aliphatic rings. The second-order valence-corrected chi connectivity index (χ2v) is 8.47. The van der Waals surface area contributed by atoms with Crippen molar-refractivity contribution in [2.24, 2.45) is 11.7 Å².